The summed E-state index contributed by atoms with van der Waals surface area (Å²) in [5.41, 5.74) is 1.87. The molecule has 1 aromatic carbocycles. The van der Waals surface area contributed by atoms with Crippen molar-refractivity contribution >= 4 is 5.69 Å². The van der Waals surface area contributed by atoms with Crippen LogP contribution in [0.25, 0.3) is 0 Å². The van der Waals surface area contributed by atoms with Gasteiger partial charge in [-0.1, -0.05) is 39.8 Å². The first-order valence-corrected chi connectivity index (χ1v) is 6.89. The molecule has 0 aliphatic carbocycles. The van der Waals surface area contributed by atoms with Crippen LogP contribution < -0.4 is 4.90 Å². The SMILES string of the molecule is CCC(CC)N(CC(C)C)c1ccccc1C#N. The highest BCUT2D eigenvalue weighted by atomic mass is 15.2. The molecule has 0 spiro atoms. The molecule has 2 nitrogen and oxygen atoms in total. The summed E-state index contributed by atoms with van der Waals surface area (Å²) in [5.74, 6) is 0.595. The lowest BCUT2D eigenvalue weighted by molar-refractivity contribution is 0.507. The van der Waals surface area contributed by atoms with E-state index in [1.165, 1.54) is 0 Å². The Morgan fingerprint density at radius 2 is 1.78 bits per heavy atom. The summed E-state index contributed by atoms with van der Waals surface area (Å²) in [4.78, 5) is 2.41. The Hall–Kier alpha value is -1.49. The van der Waals surface area contributed by atoms with E-state index >= 15 is 0 Å². The number of benzene rings is 1. The average Bonchev–Trinajstić information content (AvgIpc) is 2.38. The summed E-state index contributed by atoms with van der Waals surface area (Å²) in [6.07, 6.45) is 2.23. The summed E-state index contributed by atoms with van der Waals surface area (Å²) in [6.45, 7) is 9.90. The summed E-state index contributed by atoms with van der Waals surface area (Å²) >= 11 is 0. The van der Waals surface area contributed by atoms with Gasteiger partial charge in [-0.2, -0.15) is 5.26 Å². The largest absolute Gasteiger partial charge is 0.367 e. The van der Waals surface area contributed by atoms with Crippen LogP contribution in [0.4, 0.5) is 5.69 Å². The molecule has 0 saturated carbocycles. The van der Waals surface area contributed by atoms with Gasteiger partial charge in [-0.3, -0.25) is 0 Å². The van der Waals surface area contributed by atoms with Gasteiger partial charge in [0, 0.05) is 12.6 Å². The van der Waals surface area contributed by atoms with Crippen LogP contribution in [0.2, 0.25) is 0 Å². The molecule has 0 unspecified atom stereocenters. The third kappa shape index (κ3) is 3.50. The van der Waals surface area contributed by atoms with Crippen LogP contribution in [0.15, 0.2) is 24.3 Å². The Bertz CT molecular complexity index is 400. The average molecular weight is 244 g/mol. The van der Waals surface area contributed by atoms with E-state index in [0.717, 1.165) is 30.6 Å². The van der Waals surface area contributed by atoms with Gasteiger partial charge < -0.3 is 4.90 Å². The lowest BCUT2D eigenvalue weighted by Gasteiger charge is -2.34. The van der Waals surface area contributed by atoms with Crippen LogP contribution in [-0.2, 0) is 0 Å². The van der Waals surface area contributed by atoms with Gasteiger partial charge in [-0.15, -0.1) is 0 Å². The Morgan fingerprint density at radius 3 is 2.28 bits per heavy atom. The Morgan fingerprint density at radius 1 is 1.17 bits per heavy atom. The van der Waals surface area contributed by atoms with Gasteiger partial charge in [0.1, 0.15) is 6.07 Å². The molecule has 0 aromatic heterocycles. The van der Waals surface area contributed by atoms with E-state index in [1.807, 2.05) is 18.2 Å². The van der Waals surface area contributed by atoms with Crippen molar-refractivity contribution in [3.05, 3.63) is 29.8 Å². The highest BCUT2D eigenvalue weighted by Gasteiger charge is 2.19. The van der Waals surface area contributed by atoms with Crippen LogP contribution in [0, 0.1) is 17.2 Å². The second-order valence-corrected chi connectivity index (χ2v) is 5.15. The van der Waals surface area contributed by atoms with E-state index in [-0.39, 0.29) is 0 Å². The molecule has 0 N–H and O–H groups in total. The van der Waals surface area contributed by atoms with E-state index < -0.39 is 0 Å². The fraction of sp³-hybridized carbons (Fsp3) is 0.562. The Kier molecular flexibility index (Phi) is 5.71. The molecule has 0 radical (unpaired) electrons. The van der Waals surface area contributed by atoms with Gasteiger partial charge in [0.15, 0.2) is 0 Å². The van der Waals surface area contributed by atoms with Crippen molar-refractivity contribution in [2.24, 2.45) is 5.92 Å². The molecule has 0 fully saturated rings. The molecule has 1 rings (SSSR count). The minimum absolute atomic E-state index is 0.516. The first-order valence-electron chi connectivity index (χ1n) is 6.89. The Labute approximate surface area is 111 Å². The third-order valence-electron chi connectivity index (χ3n) is 3.28. The summed E-state index contributed by atoms with van der Waals surface area (Å²) in [7, 11) is 0. The van der Waals surface area contributed by atoms with E-state index in [2.05, 4.69) is 44.7 Å². The number of rotatable bonds is 6. The first-order chi connectivity index (χ1) is 8.63. The highest BCUT2D eigenvalue weighted by molar-refractivity contribution is 5.59. The fourth-order valence-electron chi connectivity index (χ4n) is 2.39. The number of nitriles is 1. The van der Waals surface area contributed by atoms with Crippen molar-refractivity contribution in [3.8, 4) is 6.07 Å². The number of hydrogen-bond acceptors (Lipinski definition) is 2. The smallest absolute Gasteiger partial charge is 0.101 e. The zero-order valence-corrected chi connectivity index (χ0v) is 12.0. The molecule has 0 atom stereocenters. The minimum atomic E-state index is 0.516. The molecule has 0 saturated heterocycles. The van der Waals surface area contributed by atoms with Crippen molar-refractivity contribution in [2.75, 3.05) is 11.4 Å². The maximum atomic E-state index is 9.25. The monoisotopic (exact) mass is 244 g/mol. The topological polar surface area (TPSA) is 27.0 Å². The third-order valence-corrected chi connectivity index (χ3v) is 3.28. The van der Waals surface area contributed by atoms with Gasteiger partial charge in [-0.05, 0) is 30.9 Å². The van der Waals surface area contributed by atoms with Crippen molar-refractivity contribution in [2.45, 2.75) is 46.6 Å². The molecule has 1 aromatic rings. The lowest BCUT2D eigenvalue weighted by atomic mass is 10.0. The zero-order chi connectivity index (χ0) is 13.5. The van der Waals surface area contributed by atoms with Crippen LogP contribution in [-0.4, -0.2) is 12.6 Å². The minimum Gasteiger partial charge on any atom is -0.367 e. The lowest BCUT2D eigenvalue weighted by Crippen LogP contribution is -2.37. The summed E-state index contributed by atoms with van der Waals surface area (Å²) < 4.78 is 0. The number of nitrogens with zero attached hydrogens (tertiary/aromatic N) is 2. The van der Waals surface area contributed by atoms with Gasteiger partial charge in [0.05, 0.1) is 11.3 Å². The maximum absolute atomic E-state index is 9.25. The van der Waals surface area contributed by atoms with Crippen molar-refractivity contribution < 1.29 is 0 Å². The van der Waals surface area contributed by atoms with Crippen LogP contribution in [0.1, 0.15) is 46.1 Å². The van der Waals surface area contributed by atoms with Crippen molar-refractivity contribution in [3.63, 3.8) is 0 Å². The van der Waals surface area contributed by atoms with Crippen LogP contribution >= 0.6 is 0 Å². The predicted molar refractivity (Wildman–Crippen MR) is 77.7 cm³/mol. The van der Waals surface area contributed by atoms with Gasteiger partial charge >= 0.3 is 0 Å². The molecular formula is C16H24N2. The van der Waals surface area contributed by atoms with E-state index in [4.69, 9.17) is 0 Å². The quantitative estimate of drug-likeness (QED) is 0.749. The molecule has 0 aliphatic rings. The van der Waals surface area contributed by atoms with Gasteiger partial charge in [0.2, 0.25) is 0 Å². The van der Waals surface area contributed by atoms with Crippen molar-refractivity contribution in [1.29, 1.82) is 5.26 Å². The first kappa shape index (κ1) is 14.6. The fourth-order valence-corrected chi connectivity index (χ4v) is 2.39. The molecule has 0 aliphatic heterocycles. The summed E-state index contributed by atoms with van der Waals surface area (Å²) in [5, 5.41) is 9.25. The van der Waals surface area contributed by atoms with Crippen LogP contribution in [0.5, 0.6) is 0 Å². The number of anilines is 1. The number of hydrogen-bond donors (Lipinski definition) is 0. The van der Waals surface area contributed by atoms with Crippen molar-refractivity contribution in [1.82, 2.24) is 0 Å². The normalized spacial score (nSPS) is 10.7. The maximum Gasteiger partial charge on any atom is 0.101 e. The highest BCUT2D eigenvalue weighted by Crippen LogP contribution is 2.25. The molecule has 2 heteroatoms. The second kappa shape index (κ2) is 7.06. The van der Waals surface area contributed by atoms with E-state index in [0.29, 0.717) is 12.0 Å². The zero-order valence-electron chi connectivity index (χ0n) is 12.0. The molecule has 0 bridgehead atoms. The summed E-state index contributed by atoms with van der Waals surface area (Å²) in [6, 6.07) is 10.8. The Balaban J connectivity index is 3.12. The molecular weight excluding hydrogens is 220 g/mol. The van der Waals surface area contributed by atoms with E-state index in [1.54, 1.807) is 0 Å². The number of para-hydroxylation sites is 1. The molecule has 98 valence electrons. The standard InChI is InChI=1S/C16H24N2/c1-5-15(6-2)18(12-13(3)4)16-10-8-7-9-14(16)11-17/h7-10,13,15H,5-6,12H2,1-4H3. The van der Waals surface area contributed by atoms with Gasteiger partial charge in [-0.25, -0.2) is 0 Å². The van der Waals surface area contributed by atoms with Gasteiger partial charge in [0.25, 0.3) is 0 Å². The molecule has 18 heavy (non-hydrogen) atoms. The van der Waals surface area contributed by atoms with E-state index in [9.17, 15) is 5.26 Å². The molecule has 0 amide bonds. The van der Waals surface area contributed by atoms with Crippen LogP contribution in [0.3, 0.4) is 0 Å². The predicted octanol–water partition coefficient (Wildman–Crippen LogP) is 4.21. The second-order valence-electron chi connectivity index (χ2n) is 5.15. The molecule has 0 heterocycles.